The lowest BCUT2D eigenvalue weighted by molar-refractivity contribution is -0.137. The highest BCUT2D eigenvalue weighted by Gasteiger charge is 2.29. The van der Waals surface area contributed by atoms with Crippen molar-refractivity contribution in [3.8, 4) is 5.75 Å². The molecule has 1 atom stereocenters. The zero-order chi connectivity index (χ0) is 15.4. The van der Waals surface area contributed by atoms with Crippen molar-refractivity contribution in [2.75, 3.05) is 13.2 Å². The summed E-state index contributed by atoms with van der Waals surface area (Å²) in [6.45, 7) is 3.68. The van der Waals surface area contributed by atoms with E-state index in [1.54, 1.807) is 6.20 Å². The molecule has 0 radical (unpaired) electrons. The number of rotatable bonds is 4. The lowest BCUT2D eigenvalue weighted by Gasteiger charge is -2.29. The molecule has 0 spiro atoms. The van der Waals surface area contributed by atoms with Crippen molar-refractivity contribution in [2.24, 2.45) is 5.92 Å². The van der Waals surface area contributed by atoms with Crippen LogP contribution in [0.4, 0.5) is 0 Å². The van der Waals surface area contributed by atoms with Crippen LogP contribution in [-0.2, 0) is 17.8 Å². The third-order valence-electron chi connectivity index (χ3n) is 4.00. The third kappa shape index (κ3) is 3.11. The molecule has 1 aromatic heterocycles. The normalized spacial score (nSPS) is 16.5. The summed E-state index contributed by atoms with van der Waals surface area (Å²) < 4.78 is 5.74. The van der Waals surface area contributed by atoms with Crippen molar-refractivity contribution in [2.45, 2.75) is 19.9 Å². The van der Waals surface area contributed by atoms with E-state index in [9.17, 15) is 4.79 Å². The molecule has 1 amide bonds. The molecule has 2 aromatic rings. The van der Waals surface area contributed by atoms with E-state index in [1.807, 2.05) is 54.3 Å². The van der Waals surface area contributed by atoms with Gasteiger partial charge in [-0.05, 0) is 37.1 Å². The molecule has 0 aliphatic carbocycles. The number of nitrogens with zero attached hydrogens (tertiary/aromatic N) is 2. The summed E-state index contributed by atoms with van der Waals surface area (Å²) in [5, 5.41) is 0. The van der Waals surface area contributed by atoms with Gasteiger partial charge < -0.3 is 9.64 Å². The SMILES string of the molecule is CCN(Cc1ccccn1)C(=O)C1COc2ccccc2C1. The Morgan fingerprint density at radius 3 is 2.86 bits per heavy atom. The second-order valence-corrected chi connectivity index (χ2v) is 5.49. The average molecular weight is 296 g/mol. The predicted octanol–water partition coefficient (Wildman–Crippen LogP) is 2.68. The van der Waals surface area contributed by atoms with E-state index in [-0.39, 0.29) is 11.8 Å². The zero-order valence-electron chi connectivity index (χ0n) is 12.7. The van der Waals surface area contributed by atoms with Gasteiger partial charge in [0, 0.05) is 12.7 Å². The van der Waals surface area contributed by atoms with Gasteiger partial charge in [-0.3, -0.25) is 9.78 Å². The Kier molecular flexibility index (Phi) is 4.37. The molecular weight excluding hydrogens is 276 g/mol. The van der Waals surface area contributed by atoms with Crippen LogP contribution in [0.15, 0.2) is 48.7 Å². The summed E-state index contributed by atoms with van der Waals surface area (Å²) in [6, 6.07) is 13.7. The van der Waals surface area contributed by atoms with E-state index in [0.717, 1.165) is 23.4 Å². The van der Waals surface area contributed by atoms with Gasteiger partial charge in [0.25, 0.3) is 0 Å². The lowest BCUT2D eigenvalue weighted by atomic mass is 9.95. The van der Waals surface area contributed by atoms with E-state index >= 15 is 0 Å². The van der Waals surface area contributed by atoms with Crippen LogP contribution in [0.2, 0.25) is 0 Å². The molecule has 0 saturated heterocycles. The molecule has 3 rings (SSSR count). The summed E-state index contributed by atoms with van der Waals surface area (Å²) in [5.74, 6) is 0.931. The Balaban J connectivity index is 1.70. The Morgan fingerprint density at radius 2 is 2.09 bits per heavy atom. The summed E-state index contributed by atoms with van der Waals surface area (Å²) in [6.07, 6.45) is 2.50. The van der Waals surface area contributed by atoms with Crippen molar-refractivity contribution in [1.29, 1.82) is 0 Å². The highest BCUT2D eigenvalue weighted by atomic mass is 16.5. The number of fused-ring (bicyclic) bond motifs is 1. The molecule has 0 N–H and O–H groups in total. The number of carbonyl (C=O) groups excluding carboxylic acids is 1. The van der Waals surface area contributed by atoms with Crippen LogP contribution in [0.3, 0.4) is 0 Å². The van der Waals surface area contributed by atoms with Gasteiger partial charge in [0.2, 0.25) is 5.91 Å². The van der Waals surface area contributed by atoms with Crippen LogP contribution in [0.25, 0.3) is 0 Å². The van der Waals surface area contributed by atoms with Crippen LogP contribution in [0, 0.1) is 5.92 Å². The summed E-state index contributed by atoms with van der Waals surface area (Å²) in [5.41, 5.74) is 2.02. The fourth-order valence-electron chi connectivity index (χ4n) is 2.78. The van der Waals surface area contributed by atoms with E-state index < -0.39 is 0 Å². The maximum Gasteiger partial charge on any atom is 0.229 e. The molecule has 1 aromatic carbocycles. The van der Waals surface area contributed by atoms with Crippen molar-refractivity contribution in [3.05, 3.63) is 59.9 Å². The Labute approximate surface area is 130 Å². The first kappa shape index (κ1) is 14.6. The fraction of sp³-hybridized carbons (Fsp3) is 0.333. The predicted molar refractivity (Wildman–Crippen MR) is 84.5 cm³/mol. The molecule has 0 fully saturated rings. The Bertz CT molecular complexity index is 639. The molecule has 1 aliphatic heterocycles. The molecule has 4 nitrogen and oxygen atoms in total. The first-order chi connectivity index (χ1) is 10.8. The third-order valence-corrected chi connectivity index (χ3v) is 4.00. The smallest absolute Gasteiger partial charge is 0.229 e. The molecule has 2 heterocycles. The van der Waals surface area contributed by atoms with E-state index in [2.05, 4.69) is 4.98 Å². The highest BCUT2D eigenvalue weighted by molar-refractivity contribution is 5.79. The minimum Gasteiger partial charge on any atom is -0.492 e. The molecule has 0 bridgehead atoms. The van der Waals surface area contributed by atoms with Crippen molar-refractivity contribution < 1.29 is 9.53 Å². The molecule has 114 valence electrons. The van der Waals surface area contributed by atoms with Crippen molar-refractivity contribution in [3.63, 3.8) is 0 Å². The second-order valence-electron chi connectivity index (χ2n) is 5.49. The molecule has 1 unspecified atom stereocenters. The first-order valence-electron chi connectivity index (χ1n) is 7.67. The summed E-state index contributed by atoms with van der Waals surface area (Å²) in [4.78, 5) is 18.9. The molecule has 4 heteroatoms. The Morgan fingerprint density at radius 1 is 1.27 bits per heavy atom. The average Bonchev–Trinajstić information content (AvgIpc) is 2.59. The largest absolute Gasteiger partial charge is 0.492 e. The van der Waals surface area contributed by atoms with Crippen LogP contribution >= 0.6 is 0 Å². The van der Waals surface area contributed by atoms with Crippen LogP contribution in [-0.4, -0.2) is 28.9 Å². The topological polar surface area (TPSA) is 42.4 Å². The number of aromatic nitrogens is 1. The van der Waals surface area contributed by atoms with E-state index in [4.69, 9.17) is 4.74 Å². The van der Waals surface area contributed by atoms with E-state index in [1.165, 1.54) is 0 Å². The molecule has 0 saturated carbocycles. The highest BCUT2D eigenvalue weighted by Crippen LogP contribution is 2.27. The monoisotopic (exact) mass is 296 g/mol. The first-order valence-corrected chi connectivity index (χ1v) is 7.67. The van der Waals surface area contributed by atoms with Gasteiger partial charge in [-0.15, -0.1) is 0 Å². The van der Waals surface area contributed by atoms with Crippen molar-refractivity contribution in [1.82, 2.24) is 9.88 Å². The van der Waals surface area contributed by atoms with Gasteiger partial charge in [-0.2, -0.15) is 0 Å². The number of pyridine rings is 1. The van der Waals surface area contributed by atoms with Crippen LogP contribution < -0.4 is 4.74 Å². The molecule has 1 aliphatic rings. The summed E-state index contributed by atoms with van der Waals surface area (Å²) in [7, 11) is 0. The maximum absolute atomic E-state index is 12.8. The van der Waals surface area contributed by atoms with E-state index in [0.29, 0.717) is 19.7 Å². The maximum atomic E-state index is 12.8. The number of carbonyl (C=O) groups is 1. The number of amides is 1. The Hall–Kier alpha value is -2.36. The number of benzene rings is 1. The van der Waals surface area contributed by atoms with Gasteiger partial charge in [0.05, 0.1) is 18.2 Å². The van der Waals surface area contributed by atoms with Gasteiger partial charge in [0.1, 0.15) is 12.4 Å². The van der Waals surface area contributed by atoms with Gasteiger partial charge in [-0.1, -0.05) is 24.3 Å². The van der Waals surface area contributed by atoms with Crippen molar-refractivity contribution >= 4 is 5.91 Å². The number of hydrogen-bond acceptors (Lipinski definition) is 3. The van der Waals surface area contributed by atoms with Gasteiger partial charge >= 0.3 is 0 Å². The summed E-state index contributed by atoms with van der Waals surface area (Å²) >= 11 is 0. The minimum absolute atomic E-state index is 0.112. The molecular formula is C18H20N2O2. The zero-order valence-corrected chi connectivity index (χ0v) is 12.7. The van der Waals surface area contributed by atoms with Crippen LogP contribution in [0.1, 0.15) is 18.2 Å². The number of para-hydroxylation sites is 1. The van der Waals surface area contributed by atoms with Crippen LogP contribution in [0.5, 0.6) is 5.75 Å². The standard InChI is InChI=1S/C18H20N2O2/c1-2-20(12-16-8-5-6-10-19-16)18(21)15-11-14-7-3-4-9-17(14)22-13-15/h3-10,15H,2,11-13H2,1H3. The van der Waals surface area contributed by atoms with Gasteiger partial charge in [-0.25, -0.2) is 0 Å². The quantitative estimate of drug-likeness (QED) is 0.871. The minimum atomic E-state index is -0.112. The number of ether oxygens (including phenoxy) is 1. The number of hydrogen-bond donors (Lipinski definition) is 0. The second kappa shape index (κ2) is 6.60. The fourth-order valence-corrected chi connectivity index (χ4v) is 2.78. The lowest BCUT2D eigenvalue weighted by Crippen LogP contribution is -2.40. The molecule has 22 heavy (non-hydrogen) atoms. The van der Waals surface area contributed by atoms with Gasteiger partial charge in [0.15, 0.2) is 0 Å².